The second-order valence-electron chi connectivity index (χ2n) is 6.53. The molecule has 1 N–H and O–H groups in total. The van der Waals surface area contributed by atoms with E-state index in [1.807, 2.05) is 24.3 Å². The van der Waals surface area contributed by atoms with Crippen molar-refractivity contribution in [1.29, 1.82) is 0 Å². The molecule has 2 fully saturated rings. The van der Waals surface area contributed by atoms with Crippen molar-refractivity contribution in [2.45, 2.75) is 57.5 Å². The fraction of sp³-hybridized carbons (Fsp3) is 0.579. The standard InChI is InChI=1S/C19H24O3/c1-15-12-19(13-15,22-18-7-2-3-10-21-18)9-8-16-5-4-6-17(11-16)14-20/h4-6,11,15,18,20H,2-3,7,10,12-14H2,1H3. The Labute approximate surface area is 132 Å². The van der Waals surface area contributed by atoms with Crippen molar-refractivity contribution in [3.8, 4) is 11.8 Å². The van der Waals surface area contributed by atoms with Gasteiger partial charge in [0.15, 0.2) is 6.29 Å². The second-order valence-corrected chi connectivity index (χ2v) is 6.53. The molecule has 1 atom stereocenters. The molecule has 0 spiro atoms. The Kier molecular flexibility index (Phi) is 4.83. The number of ether oxygens (including phenoxy) is 2. The number of benzene rings is 1. The molecule has 1 unspecified atom stereocenters. The zero-order valence-corrected chi connectivity index (χ0v) is 13.2. The first-order valence-electron chi connectivity index (χ1n) is 8.21. The van der Waals surface area contributed by atoms with E-state index in [-0.39, 0.29) is 18.5 Å². The monoisotopic (exact) mass is 300 g/mol. The molecule has 3 nitrogen and oxygen atoms in total. The van der Waals surface area contributed by atoms with Gasteiger partial charge in [0.25, 0.3) is 0 Å². The molecule has 1 heterocycles. The van der Waals surface area contributed by atoms with Crippen LogP contribution in [0.15, 0.2) is 24.3 Å². The molecule has 0 amide bonds. The lowest BCUT2D eigenvalue weighted by atomic mass is 9.72. The summed E-state index contributed by atoms with van der Waals surface area (Å²) in [4.78, 5) is 0. The summed E-state index contributed by atoms with van der Waals surface area (Å²) in [6, 6.07) is 7.73. The van der Waals surface area contributed by atoms with Crippen LogP contribution in [-0.4, -0.2) is 23.6 Å². The first-order chi connectivity index (χ1) is 10.7. The number of rotatable bonds is 3. The minimum absolute atomic E-state index is 0.0457. The van der Waals surface area contributed by atoms with Crippen LogP contribution in [0.5, 0.6) is 0 Å². The lowest BCUT2D eigenvalue weighted by molar-refractivity contribution is -0.234. The zero-order valence-electron chi connectivity index (χ0n) is 13.2. The van der Waals surface area contributed by atoms with Crippen LogP contribution in [0.3, 0.4) is 0 Å². The van der Waals surface area contributed by atoms with Crippen molar-refractivity contribution >= 4 is 0 Å². The summed E-state index contributed by atoms with van der Waals surface area (Å²) in [6.45, 7) is 3.07. The molecule has 0 radical (unpaired) electrons. The topological polar surface area (TPSA) is 38.7 Å². The Bertz CT molecular complexity index is 558. The van der Waals surface area contributed by atoms with Gasteiger partial charge >= 0.3 is 0 Å². The van der Waals surface area contributed by atoms with Gasteiger partial charge in [-0.2, -0.15) is 0 Å². The van der Waals surface area contributed by atoms with Gasteiger partial charge in [-0.25, -0.2) is 0 Å². The quantitative estimate of drug-likeness (QED) is 0.871. The molecule has 3 heteroatoms. The number of hydrogen-bond donors (Lipinski definition) is 1. The smallest absolute Gasteiger partial charge is 0.159 e. The fourth-order valence-electron chi connectivity index (χ4n) is 3.28. The van der Waals surface area contributed by atoms with Crippen LogP contribution in [0, 0.1) is 17.8 Å². The van der Waals surface area contributed by atoms with Crippen molar-refractivity contribution in [2.24, 2.45) is 5.92 Å². The predicted molar refractivity (Wildman–Crippen MR) is 85.0 cm³/mol. The highest BCUT2D eigenvalue weighted by atomic mass is 16.7. The van der Waals surface area contributed by atoms with Crippen LogP contribution < -0.4 is 0 Å². The molecule has 22 heavy (non-hydrogen) atoms. The summed E-state index contributed by atoms with van der Waals surface area (Å²) in [5.74, 6) is 7.23. The van der Waals surface area contributed by atoms with Crippen LogP contribution >= 0.6 is 0 Å². The molecule has 1 aromatic carbocycles. The van der Waals surface area contributed by atoms with Gasteiger partial charge in [-0.1, -0.05) is 30.9 Å². The molecule has 0 bridgehead atoms. The highest BCUT2D eigenvalue weighted by Gasteiger charge is 2.44. The highest BCUT2D eigenvalue weighted by Crippen LogP contribution is 2.42. The van der Waals surface area contributed by atoms with E-state index in [0.29, 0.717) is 5.92 Å². The number of aliphatic hydroxyl groups is 1. The summed E-state index contributed by atoms with van der Waals surface area (Å²) in [5, 5.41) is 9.21. The summed E-state index contributed by atoms with van der Waals surface area (Å²) < 4.78 is 11.9. The molecule has 1 aromatic rings. The Hall–Kier alpha value is -1.34. The number of hydrogen-bond acceptors (Lipinski definition) is 3. The van der Waals surface area contributed by atoms with Crippen LogP contribution in [-0.2, 0) is 16.1 Å². The summed E-state index contributed by atoms with van der Waals surface area (Å²) >= 11 is 0. The number of aliphatic hydroxyl groups excluding tert-OH is 1. The molecule has 1 aliphatic heterocycles. The molecule has 1 saturated carbocycles. The van der Waals surface area contributed by atoms with Gasteiger partial charge in [0.1, 0.15) is 5.60 Å². The predicted octanol–water partition coefficient (Wildman–Crippen LogP) is 3.24. The minimum Gasteiger partial charge on any atom is -0.392 e. The maximum absolute atomic E-state index is 9.21. The van der Waals surface area contributed by atoms with Gasteiger partial charge in [-0.05, 0) is 55.7 Å². The van der Waals surface area contributed by atoms with E-state index in [1.165, 1.54) is 6.42 Å². The molecule has 3 rings (SSSR count). The van der Waals surface area contributed by atoms with Gasteiger partial charge in [0, 0.05) is 12.2 Å². The Balaban J connectivity index is 1.72. The third-order valence-electron chi connectivity index (χ3n) is 4.40. The molecule has 118 valence electrons. The summed E-state index contributed by atoms with van der Waals surface area (Å²) in [6.07, 6.45) is 5.11. The average molecular weight is 300 g/mol. The van der Waals surface area contributed by atoms with Gasteiger partial charge in [-0.3, -0.25) is 0 Å². The summed E-state index contributed by atoms with van der Waals surface area (Å²) in [5.41, 5.74) is 1.47. The lowest BCUT2D eigenvalue weighted by Gasteiger charge is -2.44. The Morgan fingerprint density at radius 3 is 2.91 bits per heavy atom. The summed E-state index contributed by atoms with van der Waals surface area (Å²) in [7, 11) is 0. The zero-order chi connectivity index (χ0) is 15.4. The van der Waals surface area contributed by atoms with Gasteiger partial charge < -0.3 is 14.6 Å². The van der Waals surface area contributed by atoms with Gasteiger partial charge in [0.05, 0.1) is 6.61 Å². The Morgan fingerprint density at radius 1 is 1.36 bits per heavy atom. The van der Waals surface area contributed by atoms with Crippen molar-refractivity contribution in [2.75, 3.05) is 6.61 Å². The average Bonchev–Trinajstić information content (AvgIpc) is 2.53. The Morgan fingerprint density at radius 2 is 2.23 bits per heavy atom. The van der Waals surface area contributed by atoms with E-state index in [1.54, 1.807) is 0 Å². The minimum atomic E-state index is -0.351. The van der Waals surface area contributed by atoms with Gasteiger partial charge in [0.2, 0.25) is 0 Å². The van der Waals surface area contributed by atoms with E-state index < -0.39 is 0 Å². The van der Waals surface area contributed by atoms with E-state index >= 15 is 0 Å². The molecular formula is C19H24O3. The maximum Gasteiger partial charge on any atom is 0.159 e. The molecular weight excluding hydrogens is 276 g/mol. The molecule has 1 aliphatic carbocycles. The normalized spacial score (nSPS) is 31.0. The second kappa shape index (κ2) is 6.83. The largest absolute Gasteiger partial charge is 0.392 e. The first-order valence-corrected chi connectivity index (χ1v) is 8.21. The highest BCUT2D eigenvalue weighted by molar-refractivity contribution is 5.39. The maximum atomic E-state index is 9.21. The molecule has 0 aromatic heterocycles. The van der Waals surface area contributed by atoms with Gasteiger partial charge in [-0.15, -0.1) is 0 Å². The molecule has 2 aliphatic rings. The lowest BCUT2D eigenvalue weighted by Crippen LogP contribution is -2.47. The van der Waals surface area contributed by atoms with Crippen LogP contribution in [0.2, 0.25) is 0 Å². The third-order valence-corrected chi connectivity index (χ3v) is 4.40. The first kappa shape index (κ1) is 15.6. The van der Waals surface area contributed by atoms with Crippen molar-refractivity contribution < 1.29 is 14.6 Å². The van der Waals surface area contributed by atoms with Crippen molar-refractivity contribution in [1.82, 2.24) is 0 Å². The van der Waals surface area contributed by atoms with Crippen molar-refractivity contribution in [3.05, 3.63) is 35.4 Å². The third kappa shape index (κ3) is 3.70. The molecule has 1 saturated heterocycles. The van der Waals surface area contributed by atoms with Crippen LogP contribution in [0.1, 0.15) is 50.2 Å². The van der Waals surface area contributed by atoms with E-state index in [0.717, 1.165) is 43.4 Å². The SMILES string of the molecule is CC1CC(C#Cc2cccc(CO)c2)(OC2CCCCO2)C1. The van der Waals surface area contributed by atoms with Crippen molar-refractivity contribution in [3.63, 3.8) is 0 Å². The van der Waals surface area contributed by atoms with E-state index in [9.17, 15) is 5.11 Å². The van der Waals surface area contributed by atoms with E-state index in [4.69, 9.17) is 9.47 Å². The van der Waals surface area contributed by atoms with Crippen LogP contribution in [0.4, 0.5) is 0 Å². The van der Waals surface area contributed by atoms with E-state index in [2.05, 4.69) is 18.8 Å². The fourth-order valence-corrected chi connectivity index (χ4v) is 3.28. The van der Waals surface area contributed by atoms with Crippen LogP contribution in [0.25, 0.3) is 0 Å².